The van der Waals surface area contributed by atoms with E-state index in [1.807, 2.05) is 31.2 Å². The minimum Gasteiger partial charge on any atom is -0.497 e. The smallest absolute Gasteiger partial charge is 0.137 e. The van der Waals surface area contributed by atoms with Crippen LogP contribution in [-0.2, 0) is 0 Å². The summed E-state index contributed by atoms with van der Waals surface area (Å²) in [6.45, 7) is 3.96. The van der Waals surface area contributed by atoms with Crippen molar-refractivity contribution in [3.8, 4) is 5.75 Å². The van der Waals surface area contributed by atoms with Crippen LogP contribution in [0.15, 0.2) is 30.6 Å². The third-order valence-corrected chi connectivity index (χ3v) is 3.37. The minimum atomic E-state index is 0.121. The highest BCUT2D eigenvalue weighted by Gasteiger charge is 2.10. The predicted molar refractivity (Wildman–Crippen MR) is 76.8 cm³/mol. The molecule has 1 N–H and O–H groups in total. The summed E-state index contributed by atoms with van der Waals surface area (Å²) in [4.78, 5) is 8.15. The molecular weight excluding hydrogens is 262 g/mol. The Morgan fingerprint density at radius 1 is 1.21 bits per heavy atom. The Hall–Kier alpha value is -1.81. The molecule has 0 radical (unpaired) electrons. The van der Waals surface area contributed by atoms with Crippen LogP contribution in [0.4, 0.5) is 5.82 Å². The molecule has 0 amide bonds. The molecule has 0 aliphatic rings. The van der Waals surface area contributed by atoms with Crippen molar-refractivity contribution in [1.82, 2.24) is 9.97 Å². The van der Waals surface area contributed by atoms with Crippen molar-refractivity contribution in [2.45, 2.75) is 19.9 Å². The van der Waals surface area contributed by atoms with Crippen molar-refractivity contribution in [3.05, 3.63) is 46.9 Å². The van der Waals surface area contributed by atoms with E-state index >= 15 is 0 Å². The first-order valence-corrected chi connectivity index (χ1v) is 6.37. The van der Waals surface area contributed by atoms with Gasteiger partial charge in [-0.15, -0.1) is 0 Å². The first-order chi connectivity index (χ1) is 9.11. The molecule has 0 aliphatic heterocycles. The number of anilines is 1. The highest BCUT2D eigenvalue weighted by Crippen LogP contribution is 2.24. The van der Waals surface area contributed by atoms with Crippen molar-refractivity contribution in [1.29, 1.82) is 0 Å². The zero-order chi connectivity index (χ0) is 13.8. The van der Waals surface area contributed by atoms with E-state index in [2.05, 4.69) is 22.2 Å². The molecule has 0 spiro atoms. The van der Waals surface area contributed by atoms with E-state index in [1.54, 1.807) is 7.11 Å². The number of halogens is 1. The lowest BCUT2D eigenvalue weighted by atomic mass is 10.1. The molecule has 1 atom stereocenters. The molecule has 2 aromatic rings. The fraction of sp³-hybridized carbons (Fsp3) is 0.286. The zero-order valence-corrected chi connectivity index (χ0v) is 11.9. The molecule has 0 bridgehead atoms. The van der Waals surface area contributed by atoms with Gasteiger partial charge in [0.05, 0.1) is 7.11 Å². The second-order valence-corrected chi connectivity index (χ2v) is 4.64. The van der Waals surface area contributed by atoms with Crippen molar-refractivity contribution in [3.63, 3.8) is 0 Å². The van der Waals surface area contributed by atoms with Crippen molar-refractivity contribution < 1.29 is 4.74 Å². The molecule has 2 rings (SSSR count). The monoisotopic (exact) mass is 277 g/mol. The summed E-state index contributed by atoms with van der Waals surface area (Å²) in [5.74, 6) is 1.60. The van der Waals surface area contributed by atoms with E-state index in [9.17, 15) is 0 Å². The van der Waals surface area contributed by atoms with Crippen molar-refractivity contribution in [2.24, 2.45) is 0 Å². The summed E-state index contributed by atoms with van der Waals surface area (Å²) >= 11 is 5.98. The van der Waals surface area contributed by atoms with E-state index < -0.39 is 0 Å². The summed E-state index contributed by atoms with van der Waals surface area (Å²) in [7, 11) is 1.66. The summed E-state index contributed by atoms with van der Waals surface area (Å²) in [5.41, 5.74) is 2.00. The number of methoxy groups -OCH3 is 1. The molecule has 5 heteroatoms. The number of ether oxygens (including phenoxy) is 1. The SMILES string of the molecule is COc1ccc(C(C)Nc2ncnc(Cl)c2C)cc1. The number of benzene rings is 1. The molecule has 1 aromatic carbocycles. The lowest BCUT2D eigenvalue weighted by Crippen LogP contribution is -2.09. The average Bonchev–Trinajstić information content (AvgIpc) is 2.44. The van der Waals surface area contributed by atoms with Crippen LogP contribution in [0.3, 0.4) is 0 Å². The second kappa shape index (κ2) is 5.89. The molecule has 19 heavy (non-hydrogen) atoms. The molecule has 0 saturated carbocycles. The molecule has 4 nitrogen and oxygen atoms in total. The van der Waals surface area contributed by atoms with Crippen molar-refractivity contribution in [2.75, 3.05) is 12.4 Å². The Balaban J connectivity index is 2.15. The fourth-order valence-electron chi connectivity index (χ4n) is 1.76. The predicted octanol–water partition coefficient (Wildman–Crippen LogP) is 3.62. The highest BCUT2D eigenvalue weighted by atomic mass is 35.5. The first kappa shape index (κ1) is 13.6. The lowest BCUT2D eigenvalue weighted by molar-refractivity contribution is 0.414. The van der Waals surface area contributed by atoms with E-state index in [-0.39, 0.29) is 6.04 Å². The quantitative estimate of drug-likeness (QED) is 0.867. The standard InChI is InChI=1S/C14H16ClN3O/c1-9-13(15)16-8-17-14(9)18-10(2)11-4-6-12(19-3)7-5-11/h4-8,10H,1-3H3,(H,16,17,18). The van der Waals surface area contributed by atoms with Crippen LogP contribution < -0.4 is 10.1 Å². The summed E-state index contributed by atoms with van der Waals surface area (Å²) in [6.07, 6.45) is 1.46. The first-order valence-electron chi connectivity index (χ1n) is 5.99. The number of aromatic nitrogens is 2. The van der Waals surface area contributed by atoms with Crippen LogP contribution in [0.2, 0.25) is 5.15 Å². The van der Waals surface area contributed by atoms with E-state index in [4.69, 9.17) is 16.3 Å². The Labute approximate surface area is 117 Å². The van der Waals surface area contributed by atoms with Gasteiger partial charge in [-0.1, -0.05) is 23.7 Å². The van der Waals surface area contributed by atoms with Crippen LogP contribution >= 0.6 is 11.6 Å². The van der Waals surface area contributed by atoms with Gasteiger partial charge in [0.15, 0.2) is 0 Å². The maximum atomic E-state index is 5.98. The molecule has 1 aromatic heterocycles. The van der Waals surface area contributed by atoms with Crippen LogP contribution in [0.25, 0.3) is 0 Å². The highest BCUT2D eigenvalue weighted by molar-refractivity contribution is 6.30. The Kier molecular flexibility index (Phi) is 4.22. The molecule has 0 aliphatic carbocycles. The van der Waals surface area contributed by atoms with Crippen LogP contribution in [0, 0.1) is 6.92 Å². The number of rotatable bonds is 4. The summed E-state index contributed by atoms with van der Waals surface area (Å²) in [6, 6.07) is 8.04. The van der Waals surface area contributed by atoms with Crippen LogP contribution in [0.5, 0.6) is 5.75 Å². The number of hydrogen-bond acceptors (Lipinski definition) is 4. The average molecular weight is 278 g/mol. The molecule has 1 unspecified atom stereocenters. The van der Waals surface area contributed by atoms with Gasteiger partial charge in [-0.05, 0) is 31.5 Å². The van der Waals surface area contributed by atoms with Gasteiger partial charge in [-0.25, -0.2) is 9.97 Å². The zero-order valence-electron chi connectivity index (χ0n) is 11.1. The van der Waals surface area contributed by atoms with Gasteiger partial charge in [-0.3, -0.25) is 0 Å². The van der Waals surface area contributed by atoms with Gasteiger partial charge < -0.3 is 10.1 Å². The van der Waals surface area contributed by atoms with Gasteiger partial charge in [0.1, 0.15) is 23.0 Å². The summed E-state index contributed by atoms with van der Waals surface area (Å²) < 4.78 is 5.14. The second-order valence-electron chi connectivity index (χ2n) is 4.28. The van der Waals surface area contributed by atoms with Gasteiger partial charge >= 0.3 is 0 Å². The third kappa shape index (κ3) is 3.15. The molecule has 0 saturated heterocycles. The normalized spacial score (nSPS) is 12.0. The maximum absolute atomic E-state index is 5.98. The Morgan fingerprint density at radius 2 is 1.89 bits per heavy atom. The van der Waals surface area contributed by atoms with E-state index in [0.717, 1.165) is 22.7 Å². The molecule has 0 fully saturated rings. The van der Waals surface area contributed by atoms with Crippen LogP contribution in [-0.4, -0.2) is 17.1 Å². The van der Waals surface area contributed by atoms with Crippen molar-refractivity contribution >= 4 is 17.4 Å². The molecular formula is C14H16ClN3O. The number of hydrogen-bond donors (Lipinski definition) is 1. The maximum Gasteiger partial charge on any atom is 0.137 e. The van der Waals surface area contributed by atoms with Gasteiger partial charge in [-0.2, -0.15) is 0 Å². The number of nitrogens with one attached hydrogen (secondary N) is 1. The topological polar surface area (TPSA) is 47.0 Å². The lowest BCUT2D eigenvalue weighted by Gasteiger charge is -2.16. The largest absolute Gasteiger partial charge is 0.497 e. The number of nitrogens with zero attached hydrogens (tertiary/aromatic N) is 2. The molecule has 100 valence electrons. The van der Waals surface area contributed by atoms with Gasteiger partial charge in [0.25, 0.3) is 0 Å². The minimum absolute atomic E-state index is 0.121. The fourth-order valence-corrected chi connectivity index (χ4v) is 1.89. The Morgan fingerprint density at radius 3 is 2.53 bits per heavy atom. The van der Waals surface area contributed by atoms with Gasteiger partial charge in [0, 0.05) is 11.6 Å². The third-order valence-electron chi connectivity index (χ3n) is 2.99. The van der Waals surface area contributed by atoms with E-state index in [0.29, 0.717) is 5.15 Å². The molecule has 1 heterocycles. The Bertz CT molecular complexity index is 557. The van der Waals surface area contributed by atoms with Crippen LogP contribution in [0.1, 0.15) is 24.1 Å². The van der Waals surface area contributed by atoms with E-state index in [1.165, 1.54) is 6.33 Å². The summed E-state index contributed by atoms with van der Waals surface area (Å²) in [5, 5.41) is 3.80. The van der Waals surface area contributed by atoms with Gasteiger partial charge in [0.2, 0.25) is 0 Å².